The van der Waals surface area contributed by atoms with Crippen LogP contribution in [0.15, 0.2) is 41.3 Å². The molecule has 1 N–H and O–H groups in total. The summed E-state index contributed by atoms with van der Waals surface area (Å²) in [6.45, 7) is 11.7. The third-order valence-electron chi connectivity index (χ3n) is 6.08. The topological polar surface area (TPSA) is 58.6 Å². The van der Waals surface area contributed by atoms with Crippen LogP contribution >= 0.6 is 0 Å². The molecular formula is C24H34N2O3S. The van der Waals surface area contributed by atoms with E-state index in [-0.39, 0.29) is 6.10 Å². The normalized spacial score (nSPS) is 17.9. The van der Waals surface area contributed by atoms with Crippen molar-refractivity contribution in [2.75, 3.05) is 32.8 Å². The average Bonchev–Trinajstić information content (AvgIpc) is 2.73. The first kappa shape index (κ1) is 22.9. The zero-order valence-electron chi connectivity index (χ0n) is 18.6. The maximum Gasteiger partial charge on any atom is 0.241 e. The predicted octanol–water partition coefficient (Wildman–Crippen LogP) is 4.05. The highest BCUT2D eigenvalue weighted by Crippen LogP contribution is 2.26. The van der Waals surface area contributed by atoms with E-state index in [1.54, 1.807) is 0 Å². The van der Waals surface area contributed by atoms with Crippen molar-refractivity contribution < 1.29 is 13.2 Å². The van der Waals surface area contributed by atoms with Crippen molar-refractivity contribution in [1.82, 2.24) is 9.62 Å². The number of nitrogens with zero attached hydrogens (tertiary/aromatic N) is 1. The number of hydrogen-bond donors (Lipinski definition) is 1. The molecule has 1 atom stereocenters. The molecule has 0 spiro atoms. The molecule has 1 aliphatic heterocycles. The first-order valence-corrected chi connectivity index (χ1v) is 12.2. The Morgan fingerprint density at radius 1 is 1.03 bits per heavy atom. The van der Waals surface area contributed by atoms with E-state index in [2.05, 4.69) is 27.8 Å². The predicted molar refractivity (Wildman–Crippen MR) is 121 cm³/mol. The summed E-state index contributed by atoms with van der Waals surface area (Å²) < 4.78 is 34.5. The molecule has 5 nitrogen and oxygen atoms in total. The molecule has 164 valence electrons. The lowest BCUT2D eigenvalue weighted by Crippen LogP contribution is -2.39. The van der Waals surface area contributed by atoms with Crippen molar-refractivity contribution in [2.24, 2.45) is 0 Å². The molecule has 2 aromatic rings. The van der Waals surface area contributed by atoms with Crippen LogP contribution in [0.5, 0.6) is 0 Å². The van der Waals surface area contributed by atoms with Crippen molar-refractivity contribution in [1.29, 1.82) is 0 Å². The van der Waals surface area contributed by atoms with Crippen molar-refractivity contribution in [3.8, 4) is 0 Å². The Kier molecular flexibility index (Phi) is 7.69. The van der Waals surface area contributed by atoms with Crippen LogP contribution in [0.2, 0.25) is 0 Å². The molecule has 0 bridgehead atoms. The molecule has 0 aromatic heterocycles. The third kappa shape index (κ3) is 5.49. The van der Waals surface area contributed by atoms with Gasteiger partial charge in [0, 0.05) is 19.6 Å². The maximum absolute atomic E-state index is 12.9. The van der Waals surface area contributed by atoms with Crippen LogP contribution in [0.3, 0.4) is 0 Å². The summed E-state index contributed by atoms with van der Waals surface area (Å²) in [5.41, 5.74) is 4.92. The van der Waals surface area contributed by atoms with Crippen molar-refractivity contribution in [3.63, 3.8) is 0 Å². The Bertz CT molecular complexity index is 932. The van der Waals surface area contributed by atoms with E-state index in [1.807, 2.05) is 45.9 Å². The highest BCUT2D eigenvalue weighted by atomic mass is 32.2. The van der Waals surface area contributed by atoms with E-state index in [9.17, 15) is 8.42 Å². The number of sulfonamides is 1. The molecule has 1 fully saturated rings. The minimum atomic E-state index is -3.50. The third-order valence-corrected chi connectivity index (χ3v) is 7.82. The van der Waals surface area contributed by atoms with Crippen LogP contribution in [0, 0.1) is 27.7 Å². The number of nitrogens with one attached hydrogen (secondary N) is 1. The van der Waals surface area contributed by atoms with Gasteiger partial charge in [0.05, 0.1) is 17.6 Å². The maximum atomic E-state index is 12.9. The van der Waals surface area contributed by atoms with Crippen LogP contribution in [-0.2, 0) is 14.8 Å². The van der Waals surface area contributed by atoms with E-state index >= 15 is 0 Å². The van der Waals surface area contributed by atoms with Gasteiger partial charge in [-0.1, -0.05) is 36.4 Å². The summed E-state index contributed by atoms with van der Waals surface area (Å²) in [5.74, 6) is 0. The lowest BCUT2D eigenvalue weighted by atomic mass is 10.0. The quantitative estimate of drug-likeness (QED) is 0.642. The number of aryl methyl sites for hydroxylation is 2. The van der Waals surface area contributed by atoms with Crippen LogP contribution < -0.4 is 4.72 Å². The second kappa shape index (κ2) is 10.1. The van der Waals surface area contributed by atoms with Crippen molar-refractivity contribution >= 4 is 10.0 Å². The van der Waals surface area contributed by atoms with Gasteiger partial charge in [-0.15, -0.1) is 0 Å². The number of morpholine rings is 1. The summed E-state index contributed by atoms with van der Waals surface area (Å²) in [5, 5.41) is 0. The SMILES string of the molecule is Cc1cc(C)c(C)c(S(=O)(=O)NCCCCN2CCOC(c3ccccc3)C2)c1C. The van der Waals surface area contributed by atoms with Gasteiger partial charge in [0.15, 0.2) is 0 Å². The van der Waals surface area contributed by atoms with Crippen molar-refractivity contribution in [2.45, 2.75) is 51.5 Å². The van der Waals surface area contributed by atoms with Gasteiger partial charge in [0.2, 0.25) is 10.0 Å². The molecular weight excluding hydrogens is 396 g/mol. The molecule has 0 aliphatic carbocycles. The Morgan fingerprint density at radius 2 is 1.70 bits per heavy atom. The van der Waals surface area contributed by atoms with Crippen LogP contribution in [0.1, 0.15) is 46.8 Å². The van der Waals surface area contributed by atoms with E-state index in [1.165, 1.54) is 5.56 Å². The second-order valence-electron chi connectivity index (χ2n) is 8.27. The molecule has 1 unspecified atom stereocenters. The molecule has 0 saturated carbocycles. The minimum Gasteiger partial charge on any atom is -0.371 e. The van der Waals surface area contributed by atoms with Gasteiger partial charge in [-0.05, 0) is 74.9 Å². The van der Waals surface area contributed by atoms with E-state index in [4.69, 9.17) is 4.74 Å². The first-order valence-electron chi connectivity index (χ1n) is 10.8. The summed E-state index contributed by atoms with van der Waals surface area (Å²) in [6.07, 6.45) is 1.89. The minimum absolute atomic E-state index is 0.119. The molecule has 1 heterocycles. The molecule has 0 amide bonds. The fraction of sp³-hybridized carbons (Fsp3) is 0.500. The summed E-state index contributed by atoms with van der Waals surface area (Å²) >= 11 is 0. The van der Waals surface area contributed by atoms with Gasteiger partial charge in [-0.2, -0.15) is 0 Å². The van der Waals surface area contributed by atoms with Gasteiger partial charge < -0.3 is 4.74 Å². The Balaban J connectivity index is 1.48. The molecule has 6 heteroatoms. The zero-order chi connectivity index (χ0) is 21.7. The first-order chi connectivity index (χ1) is 14.3. The summed E-state index contributed by atoms with van der Waals surface area (Å²) in [7, 11) is -3.50. The van der Waals surface area contributed by atoms with Crippen LogP contribution in [0.4, 0.5) is 0 Å². The van der Waals surface area contributed by atoms with Crippen LogP contribution in [0.25, 0.3) is 0 Å². The molecule has 2 aromatic carbocycles. The lowest BCUT2D eigenvalue weighted by Gasteiger charge is -2.33. The van der Waals surface area contributed by atoms with E-state index in [0.717, 1.165) is 61.3 Å². The number of rotatable bonds is 8. The Hall–Kier alpha value is -1.73. The largest absolute Gasteiger partial charge is 0.371 e. The Labute approximate surface area is 181 Å². The van der Waals surface area contributed by atoms with Gasteiger partial charge in [0.25, 0.3) is 0 Å². The molecule has 3 rings (SSSR count). The number of hydrogen-bond acceptors (Lipinski definition) is 4. The van der Waals surface area contributed by atoms with Gasteiger partial charge in [-0.25, -0.2) is 13.1 Å². The smallest absolute Gasteiger partial charge is 0.241 e. The standard InChI is InChI=1S/C24H34N2O3S/c1-18-16-19(2)21(4)24(20(18)3)30(27,28)25-12-8-9-13-26-14-15-29-23(17-26)22-10-6-5-7-11-22/h5-7,10-11,16,23,25H,8-9,12-15,17H2,1-4H3. The highest BCUT2D eigenvalue weighted by Gasteiger charge is 2.23. The molecule has 0 radical (unpaired) electrons. The van der Waals surface area contributed by atoms with Crippen molar-refractivity contribution in [3.05, 3.63) is 64.2 Å². The van der Waals surface area contributed by atoms with Gasteiger partial charge >= 0.3 is 0 Å². The van der Waals surface area contributed by atoms with E-state index < -0.39 is 10.0 Å². The average molecular weight is 431 g/mol. The zero-order valence-corrected chi connectivity index (χ0v) is 19.4. The monoisotopic (exact) mass is 430 g/mol. The number of unbranched alkanes of at least 4 members (excludes halogenated alkanes) is 1. The summed E-state index contributed by atoms with van der Waals surface area (Å²) in [4.78, 5) is 2.85. The fourth-order valence-corrected chi connectivity index (χ4v) is 5.78. The summed E-state index contributed by atoms with van der Waals surface area (Å²) in [6, 6.07) is 12.4. The lowest BCUT2D eigenvalue weighted by molar-refractivity contribution is -0.0303. The second-order valence-corrected chi connectivity index (χ2v) is 9.97. The highest BCUT2D eigenvalue weighted by molar-refractivity contribution is 7.89. The van der Waals surface area contributed by atoms with E-state index in [0.29, 0.717) is 11.4 Å². The van der Waals surface area contributed by atoms with Gasteiger partial charge in [0.1, 0.15) is 0 Å². The van der Waals surface area contributed by atoms with Crippen LogP contribution in [-0.4, -0.2) is 46.1 Å². The number of benzene rings is 2. The molecule has 30 heavy (non-hydrogen) atoms. The molecule has 1 saturated heterocycles. The molecule has 1 aliphatic rings. The fourth-order valence-electron chi connectivity index (χ4n) is 4.10. The number of ether oxygens (including phenoxy) is 1. The Morgan fingerprint density at radius 3 is 2.37 bits per heavy atom. The van der Waals surface area contributed by atoms with Gasteiger partial charge in [-0.3, -0.25) is 4.90 Å².